The van der Waals surface area contributed by atoms with Crippen LogP contribution in [-0.2, 0) is 4.79 Å². The fourth-order valence-corrected chi connectivity index (χ4v) is 2.22. The van der Waals surface area contributed by atoms with Crippen molar-refractivity contribution in [3.8, 4) is 0 Å². The summed E-state index contributed by atoms with van der Waals surface area (Å²) in [7, 11) is 0. The second-order valence-corrected chi connectivity index (χ2v) is 5.00. The topological polar surface area (TPSA) is 42.0 Å². The van der Waals surface area contributed by atoms with Crippen LogP contribution in [0.2, 0.25) is 0 Å². The number of nitrogens with one attached hydrogen (secondary N) is 1. The molecular formula is C17H20N2O. The molecular weight excluding hydrogens is 248 g/mol. The van der Waals surface area contributed by atoms with Gasteiger partial charge in [-0.15, -0.1) is 0 Å². The van der Waals surface area contributed by atoms with Crippen molar-refractivity contribution in [2.24, 2.45) is 0 Å². The molecule has 1 N–H and O–H groups in total. The lowest BCUT2D eigenvalue weighted by molar-refractivity contribution is -0.121. The summed E-state index contributed by atoms with van der Waals surface area (Å²) in [6.45, 7) is 5.99. The maximum Gasteiger partial charge on any atom is 0.220 e. The molecule has 0 saturated carbocycles. The molecule has 0 aliphatic rings. The molecule has 0 saturated heterocycles. The highest BCUT2D eigenvalue weighted by Crippen LogP contribution is 2.25. The number of hydrogen-bond donors (Lipinski definition) is 1. The molecule has 2 rings (SSSR count). The van der Waals surface area contributed by atoms with E-state index in [0.29, 0.717) is 6.42 Å². The number of nitrogens with zero attached hydrogens (tertiary/aromatic N) is 1. The summed E-state index contributed by atoms with van der Waals surface area (Å²) in [5.74, 6) is 0.0414. The molecule has 1 aromatic heterocycles. The second kappa shape index (κ2) is 6.33. The quantitative estimate of drug-likeness (QED) is 0.924. The summed E-state index contributed by atoms with van der Waals surface area (Å²) in [6, 6.07) is 10.0. The van der Waals surface area contributed by atoms with Crippen LogP contribution in [0.4, 0.5) is 0 Å². The van der Waals surface area contributed by atoms with Crippen LogP contribution < -0.4 is 5.32 Å². The number of rotatable bonds is 4. The monoisotopic (exact) mass is 268 g/mol. The van der Waals surface area contributed by atoms with Crippen molar-refractivity contribution in [3.63, 3.8) is 0 Å². The summed E-state index contributed by atoms with van der Waals surface area (Å²) in [6.07, 6.45) is 4.02. The van der Waals surface area contributed by atoms with E-state index >= 15 is 0 Å². The first-order valence-electron chi connectivity index (χ1n) is 6.88. The van der Waals surface area contributed by atoms with Gasteiger partial charge in [-0.05, 0) is 36.6 Å². The first-order chi connectivity index (χ1) is 9.61. The molecule has 104 valence electrons. The smallest absolute Gasteiger partial charge is 0.220 e. The lowest BCUT2D eigenvalue weighted by atomic mass is 9.94. The van der Waals surface area contributed by atoms with Gasteiger partial charge in [0.05, 0.1) is 6.04 Å². The Labute approximate surface area is 120 Å². The fourth-order valence-electron chi connectivity index (χ4n) is 2.22. The Balaban J connectivity index is 2.46. The molecule has 2 aromatic rings. The standard InChI is InChI=1S/C17H20N2O/c1-4-16(20)19-17(14-6-5-9-18-11-14)15-10-12(2)7-8-13(15)3/h5-11,17H,4H2,1-3H3,(H,19,20)/t17-/m1/s1. The Bertz CT molecular complexity index is 593. The van der Waals surface area contributed by atoms with E-state index in [1.165, 1.54) is 11.1 Å². The Morgan fingerprint density at radius 3 is 2.75 bits per heavy atom. The van der Waals surface area contributed by atoms with Gasteiger partial charge in [0, 0.05) is 18.8 Å². The molecule has 3 heteroatoms. The number of benzene rings is 1. The van der Waals surface area contributed by atoms with Crippen LogP contribution in [0.15, 0.2) is 42.7 Å². The minimum absolute atomic E-state index is 0.0414. The van der Waals surface area contributed by atoms with Gasteiger partial charge in [-0.3, -0.25) is 9.78 Å². The maximum atomic E-state index is 11.8. The highest BCUT2D eigenvalue weighted by Gasteiger charge is 2.18. The zero-order valence-corrected chi connectivity index (χ0v) is 12.2. The zero-order chi connectivity index (χ0) is 14.5. The van der Waals surface area contributed by atoms with Gasteiger partial charge in [-0.25, -0.2) is 0 Å². The van der Waals surface area contributed by atoms with Crippen LogP contribution in [0, 0.1) is 13.8 Å². The summed E-state index contributed by atoms with van der Waals surface area (Å²) >= 11 is 0. The van der Waals surface area contributed by atoms with E-state index < -0.39 is 0 Å². The zero-order valence-electron chi connectivity index (χ0n) is 12.2. The predicted octanol–water partition coefficient (Wildman–Crippen LogP) is 3.31. The summed E-state index contributed by atoms with van der Waals surface area (Å²) in [5.41, 5.74) is 4.48. The third-order valence-corrected chi connectivity index (χ3v) is 3.39. The van der Waals surface area contributed by atoms with Gasteiger partial charge in [0.25, 0.3) is 0 Å². The molecule has 0 radical (unpaired) electrons. The van der Waals surface area contributed by atoms with Gasteiger partial charge in [0.2, 0.25) is 5.91 Å². The molecule has 0 aliphatic carbocycles. The number of pyridine rings is 1. The Hall–Kier alpha value is -2.16. The molecule has 0 fully saturated rings. The number of hydrogen-bond acceptors (Lipinski definition) is 2. The third-order valence-electron chi connectivity index (χ3n) is 3.39. The first kappa shape index (κ1) is 14.3. The van der Waals surface area contributed by atoms with E-state index in [-0.39, 0.29) is 11.9 Å². The molecule has 1 amide bonds. The summed E-state index contributed by atoms with van der Waals surface area (Å²) in [5, 5.41) is 3.09. The summed E-state index contributed by atoms with van der Waals surface area (Å²) < 4.78 is 0. The van der Waals surface area contributed by atoms with Crippen LogP contribution in [0.5, 0.6) is 0 Å². The first-order valence-corrected chi connectivity index (χ1v) is 6.88. The van der Waals surface area contributed by atoms with E-state index in [4.69, 9.17) is 0 Å². The van der Waals surface area contributed by atoms with E-state index in [1.807, 2.05) is 25.3 Å². The van der Waals surface area contributed by atoms with Gasteiger partial charge in [-0.2, -0.15) is 0 Å². The molecule has 20 heavy (non-hydrogen) atoms. The van der Waals surface area contributed by atoms with Gasteiger partial charge < -0.3 is 5.32 Å². The molecule has 1 atom stereocenters. The van der Waals surface area contributed by atoms with Crippen LogP contribution in [0.25, 0.3) is 0 Å². The number of carbonyl (C=O) groups excluding carboxylic acids is 1. The van der Waals surface area contributed by atoms with Crippen LogP contribution in [0.3, 0.4) is 0 Å². The van der Waals surface area contributed by atoms with Gasteiger partial charge >= 0.3 is 0 Å². The minimum Gasteiger partial charge on any atom is -0.345 e. The van der Waals surface area contributed by atoms with Crippen molar-refractivity contribution in [2.45, 2.75) is 33.2 Å². The lowest BCUT2D eigenvalue weighted by Crippen LogP contribution is -2.29. The van der Waals surface area contributed by atoms with Crippen molar-refractivity contribution in [1.82, 2.24) is 10.3 Å². The maximum absolute atomic E-state index is 11.8. The molecule has 0 bridgehead atoms. The average molecular weight is 268 g/mol. The van der Waals surface area contributed by atoms with Crippen molar-refractivity contribution in [2.75, 3.05) is 0 Å². The third kappa shape index (κ3) is 3.23. The average Bonchev–Trinajstić information content (AvgIpc) is 2.48. The fraction of sp³-hybridized carbons (Fsp3) is 0.294. The van der Waals surface area contributed by atoms with Crippen molar-refractivity contribution in [1.29, 1.82) is 0 Å². The van der Waals surface area contributed by atoms with E-state index in [2.05, 4.69) is 42.3 Å². The van der Waals surface area contributed by atoms with E-state index in [1.54, 1.807) is 6.20 Å². The van der Waals surface area contributed by atoms with Crippen LogP contribution in [0.1, 0.15) is 41.6 Å². The Morgan fingerprint density at radius 1 is 1.30 bits per heavy atom. The van der Waals surface area contributed by atoms with Gasteiger partial charge in [0.15, 0.2) is 0 Å². The van der Waals surface area contributed by atoms with E-state index in [0.717, 1.165) is 11.1 Å². The Kier molecular flexibility index (Phi) is 4.51. The van der Waals surface area contributed by atoms with E-state index in [9.17, 15) is 4.79 Å². The van der Waals surface area contributed by atoms with Crippen molar-refractivity contribution in [3.05, 3.63) is 65.0 Å². The normalized spacial score (nSPS) is 11.9. The van der Waals surface area contributed by atoms with Gasteiger partial charge in [-0.1, -0.05) is 36.8 Å². The highest BCUT2D eigenvalue weighted by atomic mass is 16.1. The molecule has 0 spiro atoms. The molecule has 1 aromatic carbocycles. The van der Waals surface area contributed by atoms with Crippen molar-refractivity contribution < 1.29 is 4.79 Å². The lowest BCUT2D eigenvalue weighted by Gasteiger charge is -2.21. The number of carbonyl (C=O) groups is 1. The highest BCUT2D eigenvalue weighted by molar-refractivity contribution is 5.76. The summed E-state index contributed by atoms with van der Waals surface area (Å²) in [4.78, 5) is 16.0. The van der Waals surface area contributed by atoms with Crippen LogP contribution in [-0.4, -0.2) is 10.9 Å². The largest absolute Gasteiger partial charge is 0.345 e. The van der Waals surface area contributed by atoms with Crippen LogP contribution >= 0.6 is 0 Å². The molecule has 3 nitrogen and oxygen atoms in total. The molecule has 0 unspecified atom stereocenters. The SMILES string of the molecule is CCC(=O)N[C@H](c1cccnc1)c1cc(C)ccc1C. The molecule has 1 heterocycles. The predicted molar refractivity (Wildman–Crippen MR) is 80.4 cm³/mol. The number of aryl methyl sites for hydroxylation is 2. The molecule has 0 aliphatic heterocycles. The second-order valence-electron chi connectivity index (χ2n) is 5.00. The van der Waals surface area contributed by atoms with Crippen molar-refractivity contribution >= 4 is 5.91 Å². The Morgan fingerprint density at radius 2 is 2.10 bits per heavy atom. The minimum atomic E-state index is -0.143. The number of amides is 1. The van der Waals surface area contributed by atoms with Gasteiger partial charge in [0.1, 0.15) is 0 Å². The number of aromatic nitrogens is 1.